The van der Waals surface area contributed by atoms with Crippen molar-refractivity contribution in [2.24, 2.45) is 0 Å². The Kier molecular flexibility index (Phi) is 8.41. The van der Waals surface area contributed by atoms with Crippen LogP contribution in [0.15, 0.2) is 53.0 Å². The van der Waals surface area contributed by atoms with Crippen LogP contribution >= 0.6 is 15.9 Å². The number of hydrogen-bond donors (Lipinski definition) is 3. The largest absolute Gasteiger partial charge is 0.444 e. The number of carbonyl (C=O) groups is 3. The van der Waals surface area contributed by atoms with Crippen molar-refractivity contribution in [2.45, 2.75) is 39.3 Å². The predicted octanol–water partition coefficient (Wildman–Crippen LogP) is 4.23. The van der Waals surface area contributed by atoms with Gasteiger partial charge in [-0.15, -0.1) is 0 Å². The first-order valence-corrected chi connectivity index (χ1v) is 10.3. The lowest BCUT2D eigenvalue weighted by Crippen LogP contribution is -2.35. The Bertz CT molecular complexity index is 892. The van der Waals surface area contributed by atoms with E-state index in [-0.39, 0.29) is 24.8 Å². The van der Waals surface area contributed by atoms with Gasteiger partial charge in [0.25, 0.3) is 5.91 Å². The number of anilines is 1. The van der Waals surface area contributed by atoms with Crippen LogP contribution in [0.1, 0.15) is 43.1 Å². The molecule has 0 bridgehead atoms. The Morgan fingerprint density at radius 3 is 2.37 bits per heavy atom. The van der Waals surface area contributed by atoms with Gasteiger partial charge in [0.2, 0.25) is 5.91 Å². The van der Waals surface area contributed by atoms with Crippen molar-refractivity contribution in [2.75, 3.05) is 11.9 Å². The van der Waals surface area contributed by atoms with Crippen LogP contribution in [-0.2, 0) is 16.1 Å². The van der Waals surface area contributed by atoms with E-state index >= 15 is 0 Å². The fraction of sp³-hybridized carbons (Fsp3) is 0.318. The molecular formula is C22H26BrN3O4. The second-order valence-corrected chi connectivity index (χ2v) is 8.53. The van der Waals surface area contributed by atoms with Crippen molar-refractivity contribution >= 4 is 39.5 Å². The first kappa shape index (κ1) is 23.4. The zero-order valence-electron chi connectivity index (χ0n) is 17.3. The minimum atomic E-state index is -0.579. The van der Waals surface area contributed by atoms with E-state index in [0.29, 0.717) is 17.8 Å². The van der Waals surface area contributed by atoms with E-state index in [9.17, 15) is 14.4 Å². The van der Waals surface area contributed by atoms with Gasteiger partial charge in [-0.25, -0.2) is 4.79 Å². The lowest BCUT2D eigenvalue weighted by Gasteiger charge is -2.19. The summed E-state index contributed by atoms with van der Waals surface area (Å²) in [5, 5.41) is 8.18. The molecule has 0 saturated heterocycles. The van der Waals surface area contributed by atoms with E-state index in [0.717, 1.165) is 10.0 Å². The number of hydrogen-bond acceptors (Lipinski definition) is 4. The van der Waals surface area contributed by atoms with Crippen LogP contribution in [0.25, 0.3) is 0 Å². The maximum absolute atomic E-state index is 12.3. The van der Waals surface area contributed by atoms with E-state index in [4.69, 9.17) is 4.74 Å². The summed E-state index contributed by atoms with van der Waals surface area (Å²) in [6, 6.07) is 14.3. The molecule has 0 spiro atoms. The molecule has 0 aliphatic heterocycles. The molecule has 2 rings (SSSR count). The molecule has 3 N–H and O–H groups in total. The molecule has 2 aromatic rings. The summed E-state index contributed by atoms with van der Waals surface area (Å²) in [6.45, 7) is 5.81. The van der Waals surface area contributed by atoms with Gasteiger partial charge >= 0.3 is 6.09 Å². The normalized spacial score (nSPS) is 10.8. The molecule has 160 valence electrons. The van der Waals surface area contributed by atoms with Gasteiger partial charge in [-0.3, -0.25) is 9.59 Å². The van der Waals surface area contributed by atoms with Crippen LogP contribution in [0.3, 0.4) is 0 Å². The van der Waals surface area contributed by atoms with E-state index in [1.807, 2.05) is 12.1 Å². The minimum absolute atomic E-state index is 0.138. The van der Waals surface area contributed by atoms with Crippen LogP contribution in [0.5, 0.6) is 0 Å². The van der Waals surface area contributed by atoms with E-state index in [1.54, 1.807) is 57.2 Å². The van der Waals surface area contributed by atoms with Crippen LogP contribution in [0, 0.1) is 0 Å². The predicted molar refractivity (Wildman–Crippen MR) is 119 cm³/mol. The van der Waals surface area contributed by atoms with Crippen molar-refractivity contribution in [3.05, 3.63) is 64.1 Å². The molecule has 0 aliphatic rings. The number of halogens is 1. The third-order valence-corrected chi connectivity index (χ3v) is 4.33. The number of ether oxygens (including phenoxy) is 1. The molecule has 0 aliphatic carbocycles. The zero-order valence-corrected chi connectivity index (χ0v) is 18.8. The lowest BCUT2D eigenvalue weighted by atomic mass is 10.1. The molecule has 0 atom stereocenters. The summed E-state index contributed by atoms with van der Waals surface area (Å²) in [7, 11) is 0. The van der Waals surface area contributed by atoms with Crippen LogP contribution < -0.4 is 16.0 Å². The highest BCUT2D eigenvalue weighted by atomic mass is 79.9. The smallest absolute Gasteiger partial charge is 0.407 e. The van der Waals surface area contributed by atoms with Gasteiger partial charge in [-0.05, 0) is 62.7 Å². The number of carbonyl (C=O) groups excluding carboxylic acids is 3. The molecule has 7 nitrogen and oxygen atoms in total. The molecule has 0 saturated carbocycles. The van der Waals surface area contributed by atoms with E-state index < -0.39 is 11.7 Å². The topological polar surface area (TPSA) is 96.5 Å². The number of alkyl carbamates (subject to hydrolysis) is 1. The van der Waals surface area contributed by atoms with E-state index in [2.05, 4.69) is 31.9 Å². The third kappa shape index (κ3) is 8.65. The van der Waals surface area contributed by atoms with Gasteiger partial charge in [-0.1, -0.05) is 28.1 Å². The maximum Gasteiger partial charge on any atom is 0.407 e. The first-order valence-electron chi connectivity index (χ1n) is 9.52. The molecular weight excluding hydrogens is 450 g/mol. The van der Waals surface area contributed by atoms with Gasteiger partial charge in [-0.2, -0.15) is 0 Å². The van der Waals surface area contributed by atoms with E-state index in [1.165, 1.54) is 0 Å². The van der Waals surface area contributed by atoms with Crippen molar-refractivity contribution in [1.29, 1.82) is 0 Å². The van der Waals surface area contributed by atoms with Crippen LogP contribution in [0.4, 0.5) is 10.5 Å². The molecule has 0 aromatic heterocycles. The molecule has 0 unspecified atom stereocenters. The van der Waals surface area contributed by atoms with Gasteiger partial charge in [0.15, 0.2) is 0 Å². The molecule has 2 aromatic carbocycles. The van der Waals surface area contributed by atoms with Crippen LogP contribution in [0.2, 0.25) is 0 Å². The van der Waals surface area contributed by atoms with Crippen molar-refractivity contribution in [3.63, 3.8) is 0 Å². The Hall–Kier alpha value is -2.87. The van der Waals surface area contributed by atoms with Crippen molar-refractivity contribution < 1.29 is 19.1 Å². The highest BCUT2D eigenvalue weighted by molar-refractivity contribution is 9.10. The fourth-order valence-electron chi connectivity index (χ4n) is 2.44. The van der Waals surface area contributed by atoms with Crippen molar-refractivity contribution in [3.8, 4) is 0 Å². The van der Waals surface area contributed by atoms with Gasteiger partial charge in [0.05, 0.1) is 0 Å². The summed E-state index contributed by atoms with van der Waals surface area (Å²) in [5.74, 6) is -0.410. The maximum atomic E-state index is 12.3. The van der Waals surface area contributed by atoms with Crippen LogP contribution in [-0.4, -0.2) is 30.1 Å². The number of nitrogens with one attached hydrogen (secondary N) is 3. The Labute approximate surface area is 184 Å². The van der Waals surface area contributed by atoms with Crippen molar-refractivity contribution in [1.82, 2.24) is 10.6 Å². The number of benzene rings is 2. The standard InChI is InChI=1S/C22H26BrN3O4/c1-22(2,3)30-21(29)24-12-11-19(27)25-14-15-5-4-6-18(13-15)26-20(28)16-7-9-17(23)10-8-16/h4-10,13H,11-12,14H2,1-3H3,(H,24,29)(H,25,27)(H,26,28). The summed E-state index contributed by atoms with van der Waals surface area (Å²) in [6.07, 6.45) is -0.413. The SMILES string of the molecule is CC(C)(C)OC(=O)NCCC(=O)NCc1cccc(NC(=O)c2ccc(Br)cc2)c1. The molecule has 3 amide bonds. The molecule has 0 radical (unpaired) electrons. The summed E-state index contributed by atoms with van der Waals surface area (Å²) in [4.78, 5) is 35.9. The lowest BCUT2D eigenvalue weighted by molar-refractivity contribution is -0.121. The Morgan fingerprint density at radius 2 is 1.70 bits per heavy atom. The quantitative estimate of drug-likeness (QED) is 0.557. The second-order valence-electron chi connectivity index (χ2n) is 7.62. The average molecular weight is 476 g/mol. The highest BCUT2D eigenvalue weighted by Gasteiger charge is 2.15. The third-order valence-electron chi connectivity index (χ3n) is 3.80. The number of rotatable bonds is 7. The average Bonchev–Trinajstić information content (AvgIpc) is 2.66. The van der Waals surface area contributed by atoms with Gasteiger partial charge < -0.3 is 20.7 Å². The zero-order chi connectivity index (χ0) is 22.1. The minimum Gasteiger partial charge on any atom is -0.444 e. The molecule has 0 fully saturated rings. The first-order chi connectivity index (χ1) is 14.1. The monoisotopic (exact) mass is 475 g/mol. The molecule has 8 heteroatoms. The fourth-order valence-corrected chi connectivity index (χ4v) is 2.71. The number of amides is 3. The second kappa shape index (κ2) is 10.8. The summed E-state index contributed by atoms with van der Waals surface area (Å²) < 4.78 is 6.01. The van der Waals surface area contributed by atoms with Gasteiger partial charge in [0, 0.05) is 35.2 Å². The molecule has 30 heavy (non-hydrogen) atoms. The molecule has 0 heterocycles. The Morgan fingerprint density at radius 1 is 1.00 bits per heavy atom. The Balaban J connectivity index is 1.78. The summed E-state index contributed by atoms with van der Waals surface area (Å²) in [5.41, 5.74) is 1.46. The summed E-state index contributed by atoms with van der Waals surface area (Å²) >= 11 is 3.34. The van der Waals surface area contributed by atoms with Gasteiger partial charge in [0.1, 0.15) is 5.60 Å². The highest BCUT2D eigenvalue weighted by Crippen LogP contribution is 2.15.